The fraction of sp³-hybridized carbons (Fsp3) is 0.379. The first-order valence-electron chi connectivity index (χ1n) is 12.2. The molecular weight excluding hydrogens is 424 g/mol. The molecule has 34 heavy (non-hydrogen) atoms. The summed E-state index contributed by atoms with van der Waals surface area (Å²) in [7, 11) is 0. The average molecular weight is 461 g/mol. The van der Waals surface area contributed by atoms with Crippen LogP contribution < -0.4 is 10.6 Å². The Morgan fingerprint density at radius 1 is 0.647 bits per heavy atom. The van der Waals surface area contributed by atoms with Crippen molar-refractivity contribution < 1.29 is 14.2 Å². The van der Waals surface area contributed by atoms with Gasteiger partial charge in [0.05, 0.1) is 32.5 Å². The highest BCUT2D eigenvalue weighted by atomic mass is 16.5. The minimum Gasteiger partial charge on any atom is -0.375 e. The SMILES string of the molecule is CCNC[C@@H]1N[C@@H](COCc2ccccc2)[C@@H](OCc2ccccc2)[C@@H]1OCc1ccccc1. The zero-order chi connectivity index (χ0) is 23.4. The normalized spacial score (nSPS) is 22.1. The fourth-order valence-corrected chi connectivity index (χ4v) is 4.37. The largest absolute Gasteiger partial charge is 0.375 e. The summed E-state index contributed by atoms with van der Waals surface area (Å²) in [6, 6.07) is 31.1. The van der Waals surface area contributed by atoms with E-state index in [2.05, 4.69) is 54.0 Å². The molecule has 3 aromatic rings. The van der Waals surface area contributed by atoms with E-state index in [9.17, 15) is 0 Å². The minimum absolute atomic E-state index is 0.0388. The van der Waals surface area contributed by atoms with E-state index < -0.39 is 0 Å². The van der Waals surface area contributed by atoms with E-state index in [0.29, 0.717) is 26.4 Å². The van der Waals surface area contributed by atoms with Gasteiger partial charge in [-0.1, -0.05) is 97.9 Å². The molecule has 1 fully saturated rings. The van der Waals surface area contributed by atoms with Crippen LogP contribution in [0, 0.1) is 0 Å². The molecule has 1 aliphatic heterocycles. The molecule has 0 spiro atoms. The van der Waals surface area contributed by atoms with Crippen LogP contribution >= 0.6 is 0 Å². The van der Waals surface area contributed by atoms with Gasteiger partial charge in [0.25, 0.3) is 0 Å². The number of hydrogen-bond acceptors (Lipinski definition) is 5. The maximum atomic E-state index is 6.52. The molecule has 0 unspecified atom stereocenters. The van der Waals surface area contributed by atoms with Gasteiger partial charge in [-0.2, -0.15) is 0 Å². The summed E-state index contributed by atoms with van der Waals surface area (Å²) >= 11 is 0. The molecule has 2 N–H and O–H groups in total. The van der Waals surface area contributed by atoms with E-state index >= 15 is 0 Å². The van der Waals surface area contributed by atoms with Gasteiger partial charge in [-0.3, -0.25) is 0 Å². The standard InChI is InChI=1S/C29H36N2O3/c1-2-30-18-26-28(33-20-24-14-8-4-9-15-24)29(34-21-25-16-10-5-11-17-25)27(31-26)22-32-19-23-12-6-3-7-13-23/h3-17,26-31H,2,18-22H2,1H3/t26-,27-,28+,29+/m0/s1. The molecule has 1 heterocycles. The van der Waals surface area contributed by atoms with Gasteiger partial charge in [-0.05, 0) is 23.2 Å². The van der Waals surface area contributed by atoms with Gasteiger partial charge in [0, 0.05) is 12.6 Å². The van der Waals surface area contributed by atoms with Crippen molar-refractivity contribution in [2.24, 2.45) is 0 Å². The smallest absolute Gasteiger partial charge is 0.103 e. The molecule has 4 atom stereocenters. The van der Waals surface area contributed by atoms with Crippen LogP contribution in [0.2, 0.25) is 0 Å². The average Bonchev–Trinajstić information content (AvgIpc) is 3.22. The topological polar surface area (TPSA) is 51.8 Å². The molecule has 0 aromatic heterocycles. The van der Waals surface area contributed by atoms with Crippen LogP contribution in [-0.2, 0) is 34.0 Å². The first kappa shape index (κ1) is 24.6. The van der Waals surface area contributed by atoms with Crippen molar-refractivity contribution in [3.05, 3.63) is 108 Å². The molecule has 180 valence electrons. The summed E-state index contributed by atoms with van der Waals surface area (Å²) in [5.74, 6) is 0. The summed E-state index contributed by atoms with van der Waals surface area (Å²) in [6.07, 6.45) is -0.211. The predicted molar refractivity (Wildman–Crippen MR) is 135 cm³/mol. The number of hydrogen-bond donors (Lipinski definition) is 2. The van der Waals surface area contributed by atoms with Crippen LogP contribution in [0.1, 0.15) is 23.6 Å². The van der Waals surface area contributed by atoms with E-state index in [1.807, 2.05) is 54.6 Å². The van der Waals surface area contributed by atoms with Gasteiger partial charge >= 0.3 is 0 Å². The van der Waals surface area contributed by atoms with Crippen LogP contribution in [0.5, 0.6) is 0 Å². The molecule has 0 saturated carbocycles. The Kier molecular flexibility index (Phi) is 9.67. The molecule has 5 nitrogen and oxygen atoms in total. The van der Waals surface area contributed by atoms with Crippen LogP contribution in [0.3, 0.4) is 0 Å². The lowest BCUT2D eigenvalue weighted by Crippen LogP contribution is -2.43. The van der Waals surface area contributed by atoms with Gasteiger partial charge < -0.3 is 24.8 Å². The zero-order valence-electron chi connectivity index (χ0n) is 19.9. The molecule has 0 radical (unpaired) electrons. The highest BCUT2D eigenvalue weighted by Crippen LogP contribution is 2.24. The van der Waals surface area contributed by atoms with Gasteiger partial charge in [0.15, 0.2) is 0 Å². The summed E-state index contributed by atoms with van der Waals surface area (Å²) in [5.41, 5.74) is 3.49. The summed E-state index contributed by atoms with van der Waals surface area (Å²) in [4.78, 5) is 0. The van der Waals surface area contributed by atoms with Crippen molar-refractivity contribution in [2.75, 3.05) is 19.7 Å². The lowest BCUT2D eigenvalue weighted by Gasteiger charge is -2.26. The molecule has 4 rings (SSSR count). The Morgan fingerprint density at radius 2 is 1.12 bits per heavy atom. The van der Waals surface area contributed by atoms with Crippen molar-refractivity contribution >= 4 is 0 Å². The van der Waals surface area contributed by atoms with Gasteiger partial charge in [0.2, 0.25) is 0 Å². The van der Waals surface area contributed by atoms with Gasteiger partial charge in [-0.25, -0.2) is 0 Å². The first-order chi connectivity index (χ1) is 16.8. The fourth-order valence-electron chi connectivity index (χ4n) is 4.37. The quantitative estimate of drug-likeness (QED) is 0.398. The second kappa shape index (κ2) is 13.4. The number of ether oxygens (including phenoxy) is 3. The molecule has 0 amide bonds. The van der Waals surface area contributed by atoms with E-state index in [1.54, 1.807) is 0 Å². The Balaban J connectivity index is 1.45. The van der Waals surface area contributed by atoms with Crippen LogP contribution in [0.4, 0.5) is 0 Å². The van der Waals surface area contributed by atoms with E-state index in [1.165, 1.54) is 5.56 Å². The van der Waals surface area contributed by atoms with Crippen molar-refractivity contribution in [2.45, 2.75) is 51.0 Å². The third-order valence-electron chi connectivity index (χ3n) is 6.14. The van der Waals surface area contributed by atoms with Crippen LogP contribution in [-0.4, -0.2) is 44.0 Å². The molecule has 3 aromatic carbocycles. The number of likely N-dealkylation sites (N-methyl/N-ethyl adjacent to an activating group) is 1. The highest BCUT2D eigenvalue weighted by molar-refractivity contribution is 5.16. The molecule has 1 saturated heterocycles. The van der Waals surface area contributed by atoms with Crippen LogP contribution in [0.25, 0.3) is 0 Å². The Labute approximate surface area is 203 Å². The zero-order valence-corrected chi connectivity index (χ0v) is 19.9. The van der Waals surface area contributed by atoms with Gasteiger partial charge in [0.1, 0.15) is 12.2 Å². The number of benzene rings is 3. The van der Waals surface area contributed by atoms with E-state index in [0.717, 1.165) is 24.2 Å². The molecule has 5 heteroatoms. The minimum atomic E-state index is -0.122. The van der Waals surface area contributed by atoms with Crippen molar-refractivity contribution in [3.63, 3.8) is 0 Å². The van der Waals surface area contributed by atoms with Crippen molar-refractivity contribution in [3.8, 4) is 0 Å². The van der Waals surface area contributed by atoms with E-state index in [-0.39, 0.29) is 24.3 Å². The number of nitrogens with one attached hydrogen (secondary N) is 2. The molecule has 0 aliphatic carbocycles. The Bertz CT molecular complexity index is 939. The molecular formula is C29H36N2O3. The highest BCUT2D eigenvalue weighted by Gasteiger charge is 2.44. The van der Waals surface area contributed by atoms with Gasteiger partial charge in [-0.15, -0.1) is 0 Å². The predicted octanol–water partition coefficient (Wildman–Crippen LogP) is 4.32. The second-order valence-electron chi connectivity index (χ2n) is 8.71. The van der Waals surface area contributed by atoms with Crippen LogP contribution in [0.15, 0.2) is 91.0 Å². The third-order valence-corrected chi connectivity index (χ3v) is 6.14. The van der Waals surface area contributed by atoms with Crippen molar-refractivity contribution in [1.82, 2.24) is 10.6 Å². The number of rotatable bonds is 13. The summed E-state index contributed by atoms with van der Waals surface area (Å²) in [5, 5.41) is 7.22. The third kappa shape index (κ3) is 7.23. The van der Waals surface area contributed by atoms with Crippen molar-refractivity contribution in [1.29, 1.82) is 0 Å². The second-order valence-corrected chi connectivity index (χ2v) is 8.71. The summed E-state index contributed by atoms with van der Waals surface area (Å²) < 4.78 is 19.2. The first-order valence-corrected chi connectivity index (χ1v) is 12.2. The monoisotopic (exact) mass is 460 g/mol. The van der Waals surface area contributed by atoms with E-state index in [4.69, 9.17) is 14.2 Å². The summed E-state index contributed by atoms with van der Waals surface area (Å²) in [6.45, 7) is 6.09. The lowest BCUT2D eigenvalue weighted by molar-refractivity contribution is -0.0855. The maximum Gasteiger partial charge on any atom is 0.103 e. The Hall–Kier alpha value is -2.54. The molecule has 0 bridgehead atoms. The maximum absolute atomic E-state index is 6.52. The lowest BCUT2D eigenvalue weighted by atomic mass is 10.1. The molecule has 1 aliphatic rings. The Morgan fingerprint density at radius 3 is 1.62 bits per heavy atom.